The van der Waals surface area contributed by atoms with Gasteiger partial charge in [0.05, 0.1) is 12.2 Å². The van der Waals surface area contributed by atoms with Crippen LogP contribution in [0.3, 0.4) is 0 Å². The van der Waals surface area contributed by atoms with Gasteiger partial charge < -0.3 is 9.84 Å². The van der Waals surface area contributed by atoms with E-state index in [0.717, 1.165) is 24.3 Å². The van der Waals surface area contributed by atoms with Crippen LogP contribution in [-0.4, -0.2) is 17.3 Å². The van der Waals surface area contributed by atoms with Crippen LogP contribution < -0.4 is 4.74 Å². The van der Waals surface area contributed by atoms with Crippen molar-refractivity contribution < 1.29 is 9.84 Å². The Labute approximate surface area is 91.9 Å². The van der Waals surface area contributed by atoms with Gasteiger partial charge >= 0.3 is 0 Å². The van der Waals surface area contributed by atoms with Gasteiger partial charge in [0, 0.05) is 6.42 Å². The highest BCUT2D eigenvalue weighted by Gasteiger charge is 2.13. The van der Waals surface area contributed by atoms with E-state index in [1.807, 2.05) is 38.1 Å². The first-order valence-electron chi connectivity index (χ1n) is 5.45. The minimum Gasteiger partial charge on any atom is -0.494 e. The molecule has 1 aromatic rings. The molecule has 2 heteroatoms. The summed E-state index contributed by atoms with van der Waals surface area (Å²) in [5.74, 6) is 0.888. The second-order valence-electron chi connectivity index (χ2n) is 4.49. The first-order chi connectivity index (χ1) is 7.01. The molecule has 0 heterocycles. The molecule has 0 saturated heterocycles. The molecule has 0 aliphatic rings. The Morgan fingerprint density at radius 3 is 2.67 bits per heavy atom. The van der Waals surface area contributed by atoms with Gasteiger partial charge in [-0.25, -0.2) is 0 Å². The molecular weight excluding hydrogens is 188 g/mol. The van der Waals surface area contributed by atoms with E-state index in [1.165, 1.54) is 0 Å². The molecule has 1 aromatic carbocycles. The summed E-state index contributed by atoms with van der Waals surface area (Å²) >= 11 is 0. The molecule has 0 saturated carbocycles. The molecule has 0 bridgehead atoms. The van der Waals surface area contributed by atoms with Gasteiger partial charge in [0.2, 0.25) is 0 Å². The summed E-state index contributed by atoms with van der Waals surface area (Å²) in [5, 5.41) is 9.70. The van der Waals surface area contributed by atoms with Crippen LogP contribution in [0.25, 0.3) is 0 Å². The van der Waals surface area contributed by atoms with E-state index in [-0.39, 0.29) is 0 Å². The molecule has 2 nitrogen and oxygen atoms in total. The van der Waals surface area contributed by atoms with Crippen molar-refractivity contribution in [2.75, 3.05) is 6.61 Å². The van der Waals surface area contributed by atoms with E-state index < -0.39 is 5.60 Å². The van der Waals surface area contributed by atoms with Crippen molar-refractivity contribution in [1.82, 2.24) is 0 Å². The lowest BCUT2D eigenvalue weighted by Gasteiger charge is -2.17. The van der Waals surface area contributed by atoms with Crippen LogP contribution in [0.2, 0.25) is 0 Å². The second-order valence-corrected chi connectivity index (χ2v) is 4.49. The molecular formula is C13H20O2. The van der Waals surface area contributed by atoms with Crippen LogP contribution >= 0.6 is 0 Å². The Morgan fingerprint density at radius 2 is 2.07 bits per heavy atom. The molecule has 0 aromatic heterocycles. The zero-order valence-corrected chi connectivity index (χ0v) is 9.79. The Balaban J connectivity index is 2.66. The monoisotopic (exact) mass is 208 g/mol. The van der Waals surface area contributed by atoms with Crippen LogP contribution in [0.5, 0.6) is 5.75 Å². The predicted octanol–water partition coefficient (Wildman–Crippen LogP) is 2.79. The molecule has 0 unspecified atom stereocenters. The van der Waals surface area contributed by atoms with E-state index in [1.54, 1.807) is 0 Å². The first kappa shape index (κ1) is 12.1. The second kappa shape index (κ2) is 5.17. The van der Waals surface area contributed by atoms with Crippen molar-refractivity contribution >= 4 is 0 Å². The molecule has 0 spiro atoms. The zero-order chi connectivity index (χ0) is 11.3. The van der Waals surface area contributed by atoms with Gasteiger partial charge in [-0.3, -0.25) is 0 Å². The molecule has 0 atom stereocenters. The SMILES string of the molecule is CCCOc1cccc(CC(C)(C)O)c1. The standard InChI is InChI=1S/C13H20O2/c1-4-8-15-12-7-5-6-11(9-12)10-13(2,3)14/h5-7,9,14H,4,8,10H2,1-3H3. The van der Waals surface area contributed by atoms with Crippen LogP contribution in [0.15, 0.2) is 24.3 Å². The Morgan fingerprint density at radius 1 is 1.33 bits per heavy atom. The summed E-state index contributed by atoms with van der Waals surface area (Å²) in [4.78, 5) is 0. The van der Waals surface area contributed by atoms with Gasteiger partial charge in [-0.2, -0.15) is 0 Å². The summed E-state index contributed by atoms with van der Waals surface area (Å²) in [5.41, 5.74) is 0.444. The quantitative estimate of drug-likeness (QED) is 0.806. The fourth-order valence-electron chi connectivity index (χ4n) is 1.46. The predicted molar refractivity (Wildman–Crippen MR) is 62.2 cm³/mol. The van der Waals surface area contributed by atoms with Gasteiger partial charge in [-0.1, -0.05) is 19.1 Å². The van der Waals surface area contributed by atoms with Gasteiger partial charge in [0.15, 0.2) is 0 Å². The molecule has 0 radical (unpaired) electrons. The number of hydrogen-bond acceptors (Lipinski definition) is 2. The van der Waals surface area contributed by atoms with Gasteiger partial charge in [0.1, 0.15) is 5.75 Å². The first-order valence-corrected chi connectivity index (χ1v) is 5.45. The van der Waals surface area contributed by atoms with E-state index >= 15 is 0 Å². The highest BCUT2D eigenvalue weighted by molar-refractivity contribution is 5.29. The molecule has 15 heavy (non-hydrogen) atoms. The number of benzene rings is 1. The molecule has 84 valence electrons. The van der Waals surface area contributed by atoms with E-state index in [4.69, 9.17) is 4.74 Å². The average molecular weight is 208 g/mol. The summed E-state index contributed by atoms with van der Waals surface area (Å²) < 4.78 is 5.53. The molecule has 1 rings (SSSR count). The Kier molecular flexibility index (Phi) is 4.15. The molecule has 0 amide bonds. The van der Waals surface area contributed by atoms with Crippen molar-refractivity contribution in [3.05, 3.63) is 29.8 Å². The summed E-state index contributed by atoms with van der Waals surface area (Å²) in [6.45, 7) is 6.45. The molecule has 0 fully saturated rings. The number of rotatable bonds is 5. The maximum absolute atomic E-state index is 9.70. The maximum atomic E-state index is 9.70. The van der Waals surface area contributed by atoms with Crippen molar-refractivity contribution in [3.8, 4) is 5.75 Å². The van der Waals surface area contributed by atoms with Crippen LogP contribution in [0.4, 0.5) is 0 Å². The van der Waals surface area contributed by atoms with Gasteiger partial charge in [-0.15, -0.1) is 0 Å². The highest BCUT2D eigenvalue weighted by Crippen LogP contribution is 2.18. The minimum absolute atomic E-state index is 0.649. The lowest BCUT2D eigenvalue weighted by molar-refractivity contribution is 0.0809. The largest absolute Gasteiger partial charge is 0.494 e. The number of hydrogen-bond donors (Lipinski definition) is 1. The fourth-order valence-corrected chi connectivity index (χ4v) is 1.46. The third kappa shape index (κ3) is 4.84. The fraction of sp³-hybridized carbons (Fsp3) is 0.538. The van der Waals surface area contributed by atoms with Crippen molar-refractivity contribution in [2.24, 2.45) is 0 Å². The van der Waals surface area contributed by atoms with Crippen LogP contribution in [0, 0.1) is 0 Å². The Bertz CT molecular complexity index is 300. The van der Waals surface area contributed by atoms with Crippen molar-refractivity contribution in [3.63, 3.8) is 0 Å². The zero-order valence-electron chi connectivity index (χ0n) is 9.79. The summed E-state index contributed by atoms with van der Waals surface area (Å²) in [7, 11) is 0. The Hall–Kier alpha value is -1.02. The van der Waals surface area contributed by atoms with Crippen molar-refractivity contribution in [1.29, 1.82) is 0 Å². The highest BCUT2D eigenvalue weighted by atomic mass is 16.5. The molecule has 0 aliphatic heterocycles. The average Bonchev–Trinajstić information content (AvgIpc) is 2.12. The third-order valence-corrected chi connectivity index (χ3v) is 2.01. The molecule has 1 N–H and O–H groups in total. The van der Waals surface area contributed by atoms with Crippen LogP contribution in [0.1, 0.15) is 32.8 Å². The lowest BCUT2D eigenvalue weighted by atomic mass is 9.99. The van der Waals surface area contributed by atoms with E-state index in [0.29, 0.717) is 6.42 Å². The van der Waals surface area contributed by atoms with Gasteiger partial charge in [0.25, 0.3) is 0 Å². The number of aliphatic hydroxyl groups is 1. The van der Waals surface area contributed by atoms with Crippen molar-refractivity contribution in [2.45, 2.75) is 39.2 Å². The summed E-state index contributed by atoms with van der Waals surface area (Å²) in [6.07, 6.45) is 1.66. The topological polar surface area (TPSA) is 29.5 Å². The summed E-state index contributed by atoms with van der Waals surface area (Å²) in [6, 6.07) is 7.92. The third-order valence-electron chi connectivity index (χ3n) is 2.01. The normalized spacial score (nSPS) is 11.5. The molecule has 0 aliphatic carbocycles. The van der Waals surface area contributed by atoms with Crippen LogP contribution in [-0.2, 0) is 6.42 Å². The van der Waals surface area contributed by atoms with E-state index in [9.17, 15) is 5.11 Å². The minimum atomic E-state index is -0.663. The number of ether oxygens (including phenoxy) is 1. The lowest BCUT2D eigenvalue weighted by Crippen LogP contribution is -2.21. The van der Waals surface area contributed by atoms with Gasteiger partial charge in [-0.05, 0) is 38.0 Å². The van der Waals surface area contributed by atoms with E-state index in [2.05, 4.69) is 6.92 Å². The smallest absolute Gasteiger partial charge is 0.119 e. The maximum Gasteiger partial charge on any atom is 0.119 e.